The molecule has 0 saturated carbocycles. The zero-order valence-electron chi connectivity index (χ0n) is 14.3. The van der Waals surface area contributed by atoms with E-state index in [4.69, 9.17) is 16.3 Å². The Balaban J connectivity index is 1.69. The highest BCUT2D eigenvalue weighted by Crippen LogP contribution is 2.25. The first-order chi connectivity index (χ1) is 12.9. The average Bonchev–Trinajstić information content (AvgIpc) is 3.16. The van der Waals surface area contributed by atoms with Crippen LogP contribution in [0.3, 0.4) is 0 Å². The van der Waals surface area contributed by atoms with Crippen LogP contribution in [0.4, 0.5) is 10.1 Å². The molecule has 1 saturated heterocycles. The smallest absolute Gasteiger partial charge is 0.264 e. The van der Waals surface area contributed by atoms with E-state index >= 15 is 0 Å². The van der Waals surface area contributed by atoms with Crippen LogP contribution in [0.15, 0.2) is 47.4 Å². The van der Waals surface area contributed by atoms with Crippen LogP contribution in [-0.4, -0.2) is 38.9 Å². The van der Waals surface area contributed by atoms with E-state index in [9.17, 15) is 17.6 Å². The van der Waals surface area contributed by atoms with E-state index in [0.29, 0.717) is 5.75 Å². The fourth-order valence-electron chi connectivity index (χ4n) is 2.75. The molecule has 144 valence electrons. The van der Waals surface area contributed by atoms with Gasteiger partial charge in [0.25, 0.3) is 15.9 Å². The minimum absolute atomic E-state index is 0.112. The first-order valence-electron chi connectivity index (χ1n) is 8.34. The van der Waals surface area contributed by atoms with Crippen molar-refractivity contribution in [3.05, 3.63) is 53.3 Å². The first-order valence-corrected chi connectivity index (χ1v) is 10.2. The second-order valence-corrected chi connectivity index (χ2v) is 8.12. The van der Waals surface area contributed by atoms with Crippen LogP contribution in [0.2, 0.25) is 5.02 Å². The fraction of sp³-hybridized carbons (Fsp3) is 0.278. The fourth-order valence-corrected chi connectivity index (χ4v) is 4.14. The Kier molecular flexibility index (Phi) is 5.86. The largest absolute Gasteiger partial charge is 0.484 e. The highest BCUT2D eigenvalue weighted by molar-refractivity contribution is 7.92. The lowest BCUT2D eigenvalue weighted by atomic mass is 10.3. The van der Waals surface area contributed by atoms with Gasteiger partial charge in [0.1, 0.15) is 10.6 Å². The van der Waals surface area contributed by atoms with Gasteiger partial charge < -0.3 is 9.64 Å². The van der Waals surface area contributed by atoms with Crippen LogP contribution in [0.5, 0.6) is 5.75 Å². The van der Waals surface area contributed by atoms with Gasteiger partial charge in [-0.15, -0.1) is 0 Å². The van der Waals surface area contributed by atoms with Crippen LogP contribution < -0.4 is 9.46 Å². The zero-order valence-corrected chi connectivity index (χ0v) is 15.9. The van der Waals surface area contributed by atoms with Crippen molar-refractivity contribution in [2.45, 2.75) is 17.7 Å². The molecule has 1 heterocycles. The molecule has 2 aromatic rings. The van der Waals surface area contributed by atoms with Crippen molar-refractivity contribution in [2.24, 2.45) is 0 Å². The zero-order chi connectivity index (χ0) is 19.4. The van der Waals surface area contributed by atoms with E-state index in [2.05, 4.69) is 4.72 Å². The Morgan fingerprint density at radius 3 is 2.63 bits per heavy atom. The predicted octanol–water partition coefficient (Wildman–Crippen LogP) is 3.28. The molecule has 1 N–H and O–H groups in total. The summed E-state index contributed by atoms with van der Waals surface area (Å²) >= 11 is 5.65. The molecule has 9 heteroatoms. The highest BCUT2D eigenvalue weighted by atomic mass is 35.5. The normalized spacial score (nSPS) is 14.2. The van der Waals surface area contributed by atoms with Crippen molar-refractivity contribution < 1.29 is 22.3 Å². The van der Waals surface area contributed by atoms with Crippen molar-refractivity contribution in [3.63, 3.8) is 0 Å². The molecule has 0 bridgehead atoms. The van der Waals surface area contributed by atoms with Crippen molar-refractivity contribution in [1.82, 2.24) is 4.90 Å². The molecule has 0 spiro atoms. The molecule has 1 aliphatic rings. The average molecular weight is 413 g/mol. The maximum atomic E-state index is 14.0. The molecule has 2 aromatic carbocycles. The number of ether oxygens (including phenoxy) is 1. The summed E-state index contributed by atoms with van der Waals surface area (Å²) in [7, 11) is -4.17. The standard InChI is InChI=1S/C18H18ClFN2O4S/c19-15-7-4-8-16(18(15)20)27(24,25)21-13-5-3-6-14(11-13)26-12-17(23)22-9-1-2-10-22/h3-8,11,21H,1-2,9-10,12H2. The SMILES string of the molecule is O=C(COc1cccc(NS(=O)(=O)c2cccc(Cl)c2F)c1)N1CCCC1. The molecule has 1 aliphatic heterocycles. The van der Waals surface area contributed by atoms with Crippen molar-refractivity contribution in [3.8, 4) is 5.75 Å². The number of halogens is 2. The van der Waals surface area contributed by atoms with Crippen LogP contribution in [0, 0.1) is 5.82 Å². The quantitative estimate of drug-likeness (QED) is 0.790. The van der Waals surface area contributed by atoms with Crippen LogP contribution >= 0.6 is 11.6 Å². The first kappa shape index (κ1) is 19.4. The number of nitrogens with one attached hydrogen (secondary N) is 1. The van der Waals surface area contributed by atoms with E-state index in [-0.39, 0.29) is 23.2 Å². The van der Waals surface area contributed by atoms with Crippen LogP contribution in [0.25, 0.3) is 0 Å². The second kappa shape index (κ2) is 8.14. The van der Waals surface area contributed by atoms with Gasteiger partial charge in [0, 0.05) is 19.2 Å². The molecule has 6 nitrogen and oxygen atoms in total. The molecule has 0 aromatic heterocycles. The van der Waals surface area contributed by atoms with Gasteiger partial charge in [0.15, 0.2) is 12.4 Å². The lowest BCUT2D eigenvalue weighted by Gasteiger charge is -2.16. The molecule has 1 fully saturated rings. The molecule has 3 rings (SSSR count). The van der Waals surface area contributed by atoms with Crippen LogP contribution in [-0.2, 0) is 14.8 Å². The van der Waals surface area contributed by atoms with Crippen molar-refractivity contribution in [2.75, 3.05) is 24.4 Å². The summed E-state index contributed by atoms with van der Waals surface area (Å²) in [6.45, 7) is 1.33. The van der Waals surface area contributed by atoms with E-state index in [1.807, 2.05) is 0 Å². The third-order valence-electron chi connectivity index (χ3n) is 4.11. The van der Waals surface area contributed by atoms with Gasteiger partial charge in [-0.2, -0.15) is 0 Å². The molecular weight excluding hydrogens is 395 g/mol. The molecule has 27 heavy (non-hydrogen) atoms. The lowest BCUT2D eigenvalue weighted by molar-refractivity contribution is -0.132. The molecular formula is C18H18ClFN2O4S. The number of benzene rings is 2. The molecule has 0 radical (unpaired) electrons. The minimum Gasteiger partial charge on any atom is -0.484 e. The van der Waals surface area contributed by atoms with Crippen LogP contribution in [0.1, 0.15) is 12.8 Å². The Labute approximate surface area is 161 Å². The molecule has 0 aliphatic carbocycles. The van der Waals surface area contributed by atoms with Gasteiger partial charge in [0.05, 0.1) is 10.7 Å². The van der Waals surface area contributed by atoms with E-state index in [1.165, 1.54) is 24.3 Å². The number of carbonyl (C=O) groups is 1. The van der Waals surface area contributed by atoms with Gasteiger partial charge in [-0.3, -0.25) is 9.52 Å². The Morgan fingerprint density at radius 1 is 1.19 bits per heavy atom. The summed E-state index contributed by atoms with van der Waals surface area (Å²) in [4.78, 5) is 13.2. The van der Waals surface area contributed by atoms with Gasteiger partial charge in [-0.05, 0) is 37.1 Å². The number of hydrogen-bond donors (Lipinski definition) is 1. The Hall–Kier alpha value is -2.32. The third-order valence-corrected chi connectivity index (χ3v) is 5.80. The monoisotopic (exact) mass is 412 g/mol. The summed E-state index contributed by atoms with van der Waals surface area (Å²) in [6.07, 6.45) is 1.98. The number of likely N-dealkylation sites (tertiary alicyclic amines) is 1. The Bertz CT molecular complexity index is 946. The third kappa shape index (κ3) is 4.70. The summed E-state index contributed by atoms with van der Waals surface area (Å²) in [5.41, 5.74) is 0.181. The number of anilines is 1. The summed E-state index contributed by atoms with van der Waals surface area (Å²) < 4.78 is 46.6. The van der Waals surface area contributed by atoms with E-state index in [0.717, 1.165) is 32.0 Å². The number of hydrogen-bond acceptors (Lipinski definition) is 4. The molecule has 0 atom stereocenters. The maximum absolute atomic E-state index is 14.0. The van der Waals surface area contributed by atoms with Crippen molar-refractivity contribution >= 4 is 33.2 Å². The number of nitrogens with zero attached hydrogens (tertiary/aromatic N) is 1. The number of amides is 1. The maximum Gasteiger partial charge on any atom is 0.264 e. The summed E-state index contributed by atoms with van der Waals surface area (Å²) in [5, 5.41) is -0.282. The second-order valence-electron chi connectivity index (χ2n) is 6.06. The Morgan fingerprint density at radius 2 is 1.89 bits per heavy atom. The van der Waals surface area contributed by atoms with Gasteiger partial charge in [-0.25, -0.2) is 12.8 Å². The molecule has 1 amide bonds. The molecule has 0 unspecified atom stereocenters. The number of sulfonamides is 1. The predicted molar refractivity (Wildman–Crippen MR) is 100.0 cm³/mol. The van der Waals surface area contributed by atoms with E-state index < -0.39 is 20.7 Å². The van der Waals surface area contributed by atoms with Gasteiger partial charge in [0.2, 0.25) is 0 Å². The van der Waals surface area contributed by atoms with Gasteiger partial charge >= 0.3 is 0 Å². The lowest BCUT2D eigenvalue weighted by Crippen LogP contribution is -2.32. The number of rotatable bonds is 6. The topological polar surface area (TPSA) is 75.7 Å². The minimum atomic E-state index is -4.17. The highest BCUT2D eigenvalue weighted by Gasteiger charge is 2.21. The van der Waals surface area contributed by atoms with Gasteiger partial charge in [-0.1, -0.05) is 23.7 Å². The number of carbonyl (C=O) groups excluding carboxylic acids is 1. The van der Waals surface area contributed by atoms with Crippen molar-refractivity contribution in [1.29, 1.82) is 0 Å². The van der Waals surface area contributed by atoms with E-state index in [1.54, 1.807) is 17.0 Å². The summed E-state index contributed by atoms with van der Waals surface area (Å²) in [5.74, 6) is -0.802. The summed E-state index contributed by atoms with van der Waals surface area (Å²) in [6, 6.07) is 9.84.